The minimum Gasteiger partial charge on any atom is -0.399 e. The van der Waals surface area contributed by atoms with Crippen LogP contribution in [0, 0.1) is 5.82 Å². The van der Waals surface area contributed by atoms with Gasteiger partial charge in [-0.1, -0.05) is 23.7 Å². The van der Waals surface area contributed by atoms with Crippen molar-refractivity contribution in [2.45, 2.75) is 6.92 Å². The van der Waals surface area contributed by atoms with Gasteiger partial charge in [-0.3, -0.25) is 4.79 Å². The van der Waals surface area contributed by atoms with Crippen molar-refractivity contribution >= 4 is 28.9 Å². The van der Waals surface area contributed by atoms with E-state index in [1.54, 1.807) is 24.3 Å². The maximum Gasteiger partial charge on any atom is 0.259 e. The van der Waals surface area contributed by atoms with E-state index in [4.69, 9.17) is 17.3 Å². The first-order chi connectivity index (χ1) is 9.54. The van der Waals surface area contributed by atoms with Gasteiger partial charge in [0.05, 0.1) is 10.6 Å². The predicted molar refractivity (Wildman–Crippen MR) is 79.6 cm³/mol. The van der Waals surface area contributed by atoms with Crippen LogP contribution in [-0.4, -0.2) is 12.5 Å². The molecule has 0 saturated carbocycles. The van der Waals surface area contributed by atoms with Crippen molar-refractivity contribution in [1.29, 1.82) is 0 Å². The van der Waals surface area contributed by atoms with Crippen LogP contribution in [0.5, 0.6) is 0 Å². The lowest BCUT2D eigenvalue weighted by Gasteiger charge is -2.22. The molecule has 0 aromatic heterocycles. The van der Waals surface area contributed by atoms with Crippen LogP contribution in [-0.2, 0) is 0 Å². The molecule has 0 aliphatic carbocycles. The van der Waals surface area contributed by atoms with E-state index in [2.05, 4.69) is 0 Å². The van der Waals surface area contributed by atoms with Gasteiger partial charge in [-0.05, 0) is 37.3 Å². The molecule has 2 aromatic carbocycles. The summed E-state index contributed by atoms with van der Waals surface area (Å²) in [5.74, 6) is -0.969. The van der Waals surface area contributed by atoms with Gasteiger partial charge in [0.15, 0.2) is 0 Å². The number of nitrogens with two attached hydrogens (primary N) is 1. The van der Waals surface area contributed by atoms with E-state index < -0.39 is 5.82 Å². The minimum absolute atomic E-state index is 0.135. The molecule has 0 aliphatic heterocycles. The van der Waals surface area contributed by atoms with E-state index in [9.17, 15) is 9.18 Å². The first-order valence-electron chi connectivity index (χ1n) is 6.16. The molecule has 1 amide bonds. The van der Waals surface area contributed by atoms with Gasteiger partial charge in [0.25, 0.3) is 5.91 Å². The van der Waals surface area contributed by atoms with Crippen LogP contribution in [0.4, 0.5) is 15.8 Å². The zero-order valence-electron chi connectivity index (χ0n) is 10.9. The van der Waals surface area contributed by atoms with E-state index in [1.807, 2.05) is 6.92 Å². The lowest BCUT2D eigenvalue weighted by atomic mass is 10.1. The molecule has 0 heterocycles. The monoisotopic (exact) mass is 292 g/mol. The summed E-state index contributed by atoms with van der Waals surface area (Å²) in [6, 6.07) is 11.1. The van der Waals surface area contributed by atoms with Crippen LogP contribution < -0.4 is 10.6 Å². The average Bonchev–Trinajstić information content (AvgIpc) is 2.42. The summed E-state index contributed by atoms with van der Waals surface area (Å²) in [5.41, 5.74) is 7.06. The Morgan fingerprint density at radius 3 is 2.65 bits per heavy atom. The predicted octanol–water partition coefficient (Wildman–Crippen LogP) is 3.73. The highest BCUT2D eigenvalue weighted by molar-refractivity contribution is 6.34. The molecule has 0 spiro atoms. The van der Waals surface area contributed by atoms with Crippen molar-refractivity contribution in [2.75, 3.05) is 17.2 Å². The van der Waals surface area contributed by atoms with Gasteiger partial charge in [-0.25, -0.2) is 4.39 Å². The number of nitrogen functional groups attached to an aromatic ring is 1. The van der Waals surface area contributed by atoms with Gasteiger partial charge in [0.1, 0.15) is 5.82 Å². The van der Waals surface area contributed by atoms with E-state index >= 15 is 0 Å². The Morgan fingerprint density at radius 1 is 1.30 bits per heavy atom. The number of anilines is 2. The highest BCUT2D eigenvalue weighted by atomic mass is 35.5. The Hall–Kier alpha value is -2.07. The topological polar surface area (TPSA) is 46.3 Å². The summed E-state index contributed by atoms with van der Waals surface area (Å²) in [6.07, 6.45) is 0. The third-order valence-corrected chi connectivity index (χ3v) is 3.31. The zero-order valence-corrected chi connectivity index (χ0v) is 11.7. The fourth-order valence-corrected chi connectivity index (χ4v) is 2.16. The van der Waals surface area contributed by atoms with Gasteiger partial charge < -0.3 is 10.6 Å². The fourth-order valence-electron chi connectivity index (χ4n) is 1.95. The Kier molecular flexibility index (Phi) is 4.25. The fraction of sp³-hybridized carbons (Fsp3) is 0.133. The van der Waals surface area contributed by atoms with E-state index in [-0.39, 0.29) is 16.5 Å². The van der Waals surface area contributed by atoms with Gasteiger partial charge in [0, 0.05) is 17.9 Å². The van der Waals surface area contributed by atoms with E-state index in [1.165, 1.54) is 23.1 Å². The largest absolute Gasteiger partial charge is 0.399 e. The normalized spacial score (nSPS) is 10.3. The molecule has 2 N–H and O–H groups in total. The number of hydrogen-bond donors (Lipinski definition) is 1. The summed E-state index contributed by atoms with van der Waals surface area (Å²) in [7, 11) is 0. The number of halogens is 2. The molecule has 0 fully saturated rings. The molecule has 0 aliphatic rings. The molecule has 3 nitrogen and oxygen atoms in total. The second kappa shape index (κ2) is 5.92. The number of carbonyl (C=O) groups is 1. The number of nitrogens with zero attached hydrogens (tertiary/aromatic N) is 1. The minimum atomic E-state index is -0.610. The smallest absolute Gasteiger partial charge is 0.259 e. The number of amides is 1. The lowest BCUT2D eigenvalue weighted by molar-refractivity contribution is 0.0988. The Balaban J connectivity index is 2.42. The molecule has 0 radical (unpaired) electrons. The standard InChI is InChI=1S/C15H14ClFN2O/c1-2-19(11-6-3-5-10(18)9-11)15(20)12-7-4-8-13(17)14(12)16/h3-9H,2,18H2,1H3. The molecule has 2 aromatic rings. The first-order valence-corrected chi connectivity index (χ1v) is 6.53. The molecule has 0 saturated heterocycles. The zero-order chi connectivity index (χ0) is 14.7. The molecule has 0 bridgehead atoms. The van der Waals surface area contributed by atoms with Crippen molar-refractivity contribution in [3.05, 3.63) is 58.9 Å². The van der Waals surface area contributed by atoms with Crippen molar-refractivity contribution in [1.82, 2.24) is 0 Å². The number of carbonyl (C=O) groups excluding carboxylic acids is 1. The molecule has 2 rings (SSSR count). The average molecular weight is 293 g/mol. The third kappa shape index (κ3) is 2.75. The summed E-state index contributed by atoms with van der Waals surface area (Å²) in [5, 5.41) is -0.167. The van der Waals surface area contributed by atoms with Crippen LogP contribution in [0.15, 0.2) is 42.5 Å². The van der Waals surface area contributed by atoms with Crippen molar-refractivity contribution < 1.29 is 9.18 Å². The number of hydrogen-bond acceptors (Lipinski definition) is 2. The van der Waals surface area contributed by atoms with Gasteiger partial charge in [-0.15, -0.1) is 0 Å². The van der Waals surface area contributed by atoms with Gasteiger partial charge in [0.2, 0.25) is 0 Å². The molecule has 0 atom stereocenters. The number of benzene rings is 2. The van der Waals surface area contributed by atoms with E-state index in [0.29, 0.717) is 17.9 Å². The Bertz CT molecular complexity index is 646. The van der Waals surface area contributed by atoms with Gasteiger partial charge in [-0.2, -0.15) is 0 Å². The molecular formula is C15H14ClFN2O. The van der Waals surface area contributed by atoms with Crippen molar-refractivity contribution in [3.63, 3.8) is 0 Å². The van der Waals surface area contributed by atoms with Gasteiger partial charge >= 0.3 is 0 Å². The molecule has 5 heteroatoms. The lowest BCUT2D eigenvalue weighted by Crippen LogP contribution is -2.31. The second-order valence-corrected chi connectivity index (χ2v) is 4.62. The quantitative estimate of drug-likeness (QED) is 0.876. The van der Waals surface area contributed by atoms with E-state index in [0.717, 1.165) is 0 Å². The van der Waals surface area contributed by atoms with Crippen LogP contribution in [0.2, 0.25) is 5.02 Å². The summed E-state index contributed by atoms with van der Waals surface area (Å²) >= 11 is 5.86. The Morgan fingerprint density at radius 2 is 2.00 bits per heavy atom. The molecule has 0 unspecified atom stereocenters. The third-order valence-electron chi connectivity index (χ3n) is 2.93. The van der Waals surface area contributed by atoms with Crippen LogP contribution in [0.3, 0.4) is 0 Å². The molecular weight excluding hydrogens is 279 g/mol. The summed E-state index contributed by atoms with van der Waals surface area (Å²) in [6.45, 7) is 2.25. The molecule has 20 heavy (non-hydrogen) atoms. The van der Waals surface area contributed by atoms with Crippen LogP contribution in [0.1, 0.15) is 17.3 Å². The molecule has 104 valence electrons. The highest BCUT2D eigenvalue weighted by Crippen LogP contribution is 2.25. The van der Waals surface area contributed by atoms with Crippen molar-refractivity contribution in [3.8, 4) is 0 Å². The number of rotatable bonds is 3. The second-order valence-electron chi connectivity index (χ2n) is 4.25. The Labute approximate surface area is 121 Å². The maximum absolute atomic E-state index is 13.5. The summed E-state index contributed by atoms with van der Waals surface area (Å²) in [4.78, 5) is 14.0. The maximum atomic E-state index is 13.5. The highest BCUT2D eigenvalue weighted by Gasteiger charge is 2.20. The van der Waals surface area contributed by atoms with Crippen molar-refractivity contribution in [2.24, 2.45) is 0 Å². The first kappa shape index (κ1) is 14.3. The van der Waals surface area contributed by atoms with Crippen LogP contribution in [0.25, 0.3) is 0 Å². The summed E-state index contributed by atoms with van der Waals surface area (Å²) < 4.78 is 13.5. The SMILES string of the molecule is CCN(C(=O)c1cccc(F)c1Cl)c1cccc(N)c1. The van der Waals surface area contributed by atoms with Crippen LogP contribution >= 0.6 is 11.6 Å².